The number of carbonyl (C=O) groups excluding carboxylic acids is 3. The Morgan fingerprint density at radius 3 is 2.28 bits per heavy atom. The zero-order chi connectivity index (χ0) is 21.6. The average Bonchev–Trinajstić information content (AvgIpc) is 2.66. The Labute approximate surface area is 169 Å². The molecule has 2 aromatic rings. The van der Waals surface area contributed by atoms with E-state index in [2.05, 4.69) is 5.32 Å². The molecule has 0 fully saturated rings. The smallest absolute Gasteiger partial charge is 0.418 e. The molecule has 1 amide bonds. The fourth-order valence-corrected chi connectivity index (χ4v) is 2.50. The first-order valence-electron chi connectivity index (χ1n) is 8.53. The Kier molecular flexibility index (Phi) is 7.39. The lowest BCUT2D eigenvalue weighted by atomic mass is 10.1. The Balaban J connectivity index is 1.89. The van der Waals surface area contributed by atoms with E-state index in [4.69, 9.17) is 16.3 Å². The van der Waals surface area contributed by atoms with Crippen LogP contribution >= 0.6 is 11.6 Å². The summed E-state index contributed by atoms with van der Waals surface area (Å²) in [4.78, 5) is 36.0. The molecule has 1 unspecified atom stereocenters. The summed E-state index contributed by atoms with van der Waals surface area (Å²) < 4.78 is 43.8. The maximum absolute atomic E-state index is 13.0. The number of rotatable bonds is 7. The molecule has 0 aliphatic carbocycles. The molecule has 0 bridgehead atoms. The summed E-state index contributed by atoms with van der Waals surface area (Å²) in [5, 5.41) is 2.57. The zero-order valence-corrected chi connectivity index (χ0v) is 16.0. The minimum atomic E-state index is -4.65. The molecule has 1 atom stereocenters. The summed E-state index contributed by atoms with van der Waals surface area (Å²) in [5.74, 6) is -2.05. The summed E-state index contributed by atoms with van der Waals surface area (Å²) in [5.41, 5.74) is -1.08. The third-order valence-corrected chi connectivity index (χ3v) is 4.14. The number of hydrogen-bond acceptors (Lipinski definition) is 4. The van der Waals surface area contributed by atoms with Gasteiger partial charge in [0.15, 0.2) is 11.9 Å². The highest BCUT2D eigenvalue weighted by Gasteiger charge is 2.34. The number of ether oxygens (including phenoxy) is 1. The predicted octanol–water partition coefficient (Wildman–Crippen LogP) is 4.89. The minimum absolute atomic E-state index is 0.147. The maximum atomic E-state index is 13.0. The monoisotopic (exact) mass is 427 g/mol. The van der Waals surface area contributed by atoms with E-state index in [9.17, 15) is 27.6 Å². The number of anilines is 1. The molecule has 0 saturated carbocycles. The number of carbonyl (C=O) groups is 3. The van der Waals surface area contributed by atoms with Crippen LogP contribution in [0, 0.1) is 0 Å². The van der Waals surface area contributed by atoms with Crippen LogP contribution in [0.5, 0.6) is 0 Å². The number of Topliss-reactive ketones (excluding diaryl/α,β-unsaturated/α-hetero) is 1. The van der Waals surface area contributed by atoms with Gasteiger partial charge in [-0.3, -0.25) is 14.4 Å². The van der Waals surface area contributed by atoms with Gasteiger partial charge in [0.05, 0.1) is 17.7 Å². The van der Waals surface area contributed by atoms with Crippen LogP contribution in [0.2, 0.25) is 5.02 Å². The number of benzene rings is 2. The van der Waals surface area contributed by atoms with Crippen LogP contribution in [-0.4, -0.2) is 23.8 Å². The van der Waals surface area contributed by atoms with Gasteiger partial charge in [-0.25, -0.2) is 0 Å². The lowest BCUT2D eigenvalue weighted by molar-refractivity contribution is -0.153. The lowest BCUT2D eigenvalue weighted by Gasteiger charge is -2.16. The molecule has 0 heterocycles. The van der Waals surface area contributed by atoms with Gasteiger partial charge in [0, 0.05) is 17.0 Å². The molecule has 0 aliphatic heterocycles. The Morgan fingerprint density at radius 1 is 1.03 bits per heavy atom. The van der Waals surface area contributed by atoms with Gasteiger partial charge in [-0.05, 0) is 43.3 Å². The number of ketones is 1. The van der Waals surface area contributed by atoms with Crippen molar-refractivity contribution in [2.75, 3.05) is 5.32 Å². The van der Waals surface area contributed by atoms with Crippen molar-refractivity contribution < 1.29 is 32.3 Å². The lowest BCUT2D eigenvalue weighted by Crippen LogP contribution is -2.30. The Morgan fingerprint density at radius 2 is 1.66 bits per heavy atom. The van der Waals surface area contributed by atoms with Gasteiger partial charge in [0.2, 0.25) is 0 Å². The van der Waals surface area contributed by atoms with Crippen LogP contribution in [0.4, 0.5) is 18.9 Å². The molecular formula is C20H17ClF3NO4. The van der Waals surface area contributed by atoms with E-state index in [1.807, 2.05) is 0 Å². The third-order valence-electron chi connectivity index (χ3n) is 3.89. The van der Waals surface area contributed by atoms with Gasteiger partial charge >= 0.3 is 12.1 Å². The van der Waals surface area contributed by atoms with E-state index < -0.39 is 35.4 Å². The fraction of sp³-hybridized carbons (Fsp3) is 0.250. The molecule has 0 saturated heterocycles. The molecule has 5 nitrogen and oxygen atoms in total. The standard InChI is InChI=1S/C20H17ClF3NO4/c1-12(19(28)25-16-5-3-2-4-15(16)20(22,23)24)29-18(27)11-10-17(26)13-6-8-14(21)9-7-13/h2-9,12H,10-11H2,1H3,(H,25,28). The number of esters is 1. The number of para-hydroxylation sites is 1. The van der Waals surface area contributed by atoms with Crippen molar-refractivity contribution in [3.8, 4) is 0 Å². The predicted molar refractivity (Wildman–Crippen MR) is 101 cm³/mol. The normalized spacial score (nSPS) is 12.2. The first kappa shape index (κ1) is 22.4. The molecule has 1 N–H and O–H groups in total. The van der Waals surface area contributed by atoms with E-state index in [0.717, 1.165) is 12.1 Å². The van der Waals surface area contributed by atoms with Crippen molar-refractivity contribution in [1.82, 2.24) is 0 Å². The van der Waals surface area contributed by atoms with E-state index in [1.165, 1.54) is 43.3 Å². The number of halogens is 4. The summed E-state index contributed by atoms with van der Waals surface area (Å²) >= 11 is 5.74. The van der Waals surface area contributed by atoms with Crippen molar-refractivity contribution in [3.63, 3.8) is 0 Å². The molecule has 0 spiro atoms. The highest BCUT2D eigenvalue weighted by Crippen LogP contribution is 2.34. The molecule has 2 rings (SSSR count). The van der Waals surface area contributed by atoms with E-state index >= 15 is 0 Å². The number of hydrogen-bond donors (Lipinski definition) is 1. The van der Waals surface area contributed by atoms with Crippen LogP contribution in [0.1, 0.15) is 35.7 Å². The number of alkyl halides is 3. The topological polar surface area (TPSA) is 72.5 Å². The van der Waals surface area contributed by atoms with Crippen molar-refractivity contribution in [3.05, 3.63) is 64.7 Å². The van der Waals surface area contributed by atoms with Gasteiger partial charge in [-0.2, -0.15) is 13.2 Å². The summed E-state index contributed by atoms with van der Waals surface area (Å²) in [6.07, 6.45) is -6.41. The summed E-state index contributed by atoms with van der Waals surface area (Å²) in [6, 6.07) is 10.6. The van der Waals surface area contributed by atoms with Gasteiger partial charge in [0.1, 0.15) is 0 Å². The van der Waals surface area contributed by atoms with Crippen LogP contribution in [0.15, 0.2) is 48.5 Å². The molecule has 0 aromatic heterocycles. The van der Waals surface area contributed by atoms with E-state index in [1.54, 1.807) is 0 Å². The van der Waals surface area contributed by atoms with Crippen molar-refractivity contribution >= 4 is 34.9 Å². The molecule has 29 heavy (non-hydrogen) atoms. The maximum Gasteiger partial charge on any atom is 0.418 e. The van der Waals surface area contributed by atoms with E-state index in [-0.39, 0.29) is 18.6 Å². The quantitative estimate of drug-likeness (QED) is 0.504. The van der Waals surface area contributed by atoms with E-state index in [0.29, 0.717) is 10.6 Å². The summed E-state index contributed by atoms with van der Waals surface area (Å²) in [6.45, 7) is 1.23. The Hall–Kier alpha value is -2.87. The van der Waals surface area contributed by atoms with Crippen molar-refractivity contribution in [2.45, 2.75) is 32.0 Å². The average molecular weight is 428 g/mol. The molecular weight excluding hydrogens is 411 g/mol. The number of amides is 1. The highest BCUT2D eigenvalue weighted by molar-refractivity contribution is 6.30. The SMILES string of the molecule is CC(OC(=O)CCC(=O)c1ccc(Cl)cc1)C(=O)Nc1ccccc1C(F)(F)F. The van der Waals surface area contributed by atoms with Crippen molar-refractivity contribution in [1.29, 1.82) is 0 Å². The zero-order valence-electron chi connectivity index (χ0n) is 15.3. The third kappa shape index (κ3) is 6.60. The van der Waals surface area contributed by atoms with Gasteiger partial charge < -0.3 is 10.1 Å². The fourth-order valence-electron chi connectivity index (χ4n) is 2.38. The van der Waals surface area contributed by atoms with Gasteiger partial charge in [-0.15, -0.1) is 0 Å². The van der Waals surface area contributed by atoms with Gasteiger partial charge in [-0.1, -0.05) is 23.7 Å². The first-order valence-corrected chi connectivity index (χ1v) is 8.91. The highest BCUT2D eigenvalue weighted by atomic mass is 35.5. The molecule has 9 heteroatoms. The molecule has 0 radical (unpaired) electrons. The van der Waals surface area contributed by atoms with Gasteiger partial charge in [0.25, 0.3) is 5.91 Å². The molecule has 2 aromatic carbocycles. The molecule has 0 aliphatic rings. The number of nitrogens with one attached hydrogen (secondary N) is 1. The van der Waals surface area contributed by atoms with Crippen LogP contribution in [0.25, 0.3) is 0 Å². The van der Waals surface area contributed by atoms with Crippen LogP contribution < -0.4 is 5.32 Å². The second-order valence-corrected chi connectivity index (χ2v) is 6.53. The summed E-state index contributed by atoms with van der Waals surface area (Å²) in [7, 11) is 0. The second kappa shape index (κ2) is 9.56. The second-order valence-electron chi connectivity index (χ2n) is 6.09. The Bertz CT molecular complexity index is 897. The largest absolute Gasteiger partial charge is 0.453 e. The molecule has 154 valence electrons. The van der Waals surface area contributed by atoms with Crippen LogP contribution in [-0.2, 0) is 20.5 Å². The first-order chi connectivity index (χ1) is 13.6. The van der Waals surface area contributed by atoms with Crippen molar-refractivity contribution in [2.24, 2.45) is 0 Å². The van der Waals surface area contributed by atoms with Crippen LogP contribution in [0.3, 0.4) is 0 Å². The minimum Gasteiger partial charge on any atom is -0.453 e.